The van der Waals surface area contributed by atoms with E-state index in [4.69, 9.17) is 4.42 Å². The van der Waals surface area contributed by atoms with E-state index < -0.39 is 5.97 Å². The third kappa shape index (κ3) is 2.72. The van der Waals surface area contributed by atoms with Gasteiger partial charge in [0.25, 0.3) is 0 Å². The van der Waals surface area contributed by atoms with E-state index in [1.807, 2.05) is 12.1 Å². The third-order valence-electron chi connectivity index (χ3n) is 5.08. The van der Waals surface area contributed by atoms with E-state index in [1.165, 1.54) is 12.1 Å². The van der Waals surface area contributed by atoms with Crippen molar-refractivity contribution < 1.29 is 19.4 Å². The number of benzene rings is 4. The van der Waals surface area contributed by atoms with Crippen molar-refractivity contribution in [2.75, 3.05) is 0 Å². The second-order valence-electron chi connectivity index (χ2n) is 6.86. The van der Waals surface area contributed by atoms with Crippen LogP contribution in [0.1, 0.15) is 10.4 Å². The van der Waals surface area contributed by atoms with Gasteiger partial charge in [-0.1, -0.05) is 24.3 Å². The summed E-state index contributed by atoms with van der Waals surface area (Å²) < 4.78 is 6.04. The van der Waals surface area contributed by atoms with E-state index >= 15 is 0 Å². The second kappa shape index (κ2) is 6.21. The molecule has 0 saturated carbocycles. The van der Waals surface area contributed by atoms with Gasteiger partial charge in [0.15, 0.2) is 5.43 Å². The summed E-state index contributed by atoms with van der Waals surface area (Å²) in [6.07, 6.45) is 0. The molecule has 1 aromatic heterocycles. The minimum atomic E-state index is -0.999. The maximum atomic E-state index is 12.1. The molecular weight excluding hydrogens is 368 g/mol. The Bertz CT molecular complexity index is 1490. The molecule has 1 heterocycles. The van der Waals surface area contributed by atoms with Crippen molar-refractivity contribution >= 4 is 38.7 Å². The summed E-state index contributed by atoms with van der Waals surface area (Å²) in [5.41, 5.74) is 2.74. The molecular formula is C24H14O5. The first-order valence-corrected chi connectivity index (χ1v) is 8.97. The van der Waals surface area contributed by atoms with Crippen molar-refractivity contribution in [2.45, 2.75) is 0 Å². The Balaban J connectivity index is 1.99. The summed E-state index contributed by atoms with van der Waals surface area (Å²) in [5.74, 6) is -0.920. The van der Waals surface area contributed by atoms with Crippen LogP contribution in [0.3, 0.4) is 0 Å². The molecule has 4 aromatic carbocycles. The molecule has 5 heteroatoms. The average Bonchev–Trinajstić information content (AvgIpc) is 2.71. The molecule has 0 bridgehead atoms. The van der Waals surface area contributed by atoms with Gasteiger partial charge in [-0.25, -0.2) is 4.79 Å². The molecule has 0 aliphatic heterocycles. The zero-order valence-corrected chi connectivity index (χ0v) is 15.0. The summed E-state index contributed by atoms with van der Waals surface area (Å²) in [5, 5.41) is 22.3. The molecule has 0 fully saturated rings. The Morgan fingerprint density at radius 3 is 2.31 bits per heavy atom. The normalized spacial score (nSPS) is 11.3. The van der Waals surface area contributed by atoms with Crippen LogP contribution in [0.15, 0.2) is 82.0 Å². The number of phenols is 1. The van der Waals surface area contributed by atoms with Crippen LogP contribution in [0.2, 0.25) is 0 Å². The van der Waals surface area contributed by atoms with Crippen LogP contribution >= 0.6 is 0 Å². The van der Waals surface area contributed by atoms with E-state index in [-0.39, 0.29) is 16.7 Å². The lowest BCUT2D eigenvalue weighted by Crippen LogP contribution is -1.97. The van der Waals surface area contributed by atoms with Gasteiger partial charge in [0.1, 0.15) is 16.9 Å². The summed E-state index contributed by atoms with van der Waals surface area (Å²) >= 11 is 0. The van der Waals surface area contributed by atoms with E-state index in [0.29, 0.717) is 11.2 Å². The highest BCUT2D eigenvalue weighted by Crippen LogP contribution is 2.40. The summed E-state index contributed by atoms with van der Waals surface area (Å²) in [4.78, 5) is 23.3. The Kier molecular flexibility index (Phi) is 3.64. The summed E-state index contributed by atoms with van der Waals surface area (Å²) in [6, 6.07) is 20.0. The summed E-state index contributed by atoms with van der Waals surface area (Å²) in [7, 11) is 0. The smallest absolute Gasteiger partial charge is 0.335 e. The molecule has 0 aliphatic rings. The molecule has 0 atom stereocenters. The fraction of sp³-hybridized carbons (Fsp3) is 0. The van der Waals surface area contributed by atoms with E-state index in [2.05, 4.69) is 0 Å². The minimum Gasteiger partial charge on any atom is -0.508 e. The van der Waals surface area contributed by atoms with E-state index in [0.717, 1.165) is 32.7 Å². The fourth-order valence-corrected chi connectivity index (χ4v) is 3.76. The van der Waals surface area contributed by atoms with Gasteiger partial charge in [0, 0.05) is 22.4 Å². The minimum absolute atomic E-state index is 0.0791. The van der Waals surface area contributed by atoms with Crippen LogP contribution in [-0.4, -0.2) is 16.2 Å². The molecule has 5 aromatic rings. The van der Waals surface area contributed by atoms with Gasteiger partial charge in [-0.05, 0) is 58.8 Å². The quantitative estimate of drug-likeness (QED) is 0.325. The highest BCUT2D eigenvalue weighted by atomic mass is 16.4. The highest BCUT2D eigenvalue weighted by molar-refractivity contribution is 6.18. The number of aromatic carboxylic acids is 1. The van der Waals surface area contributed by atoms with Crippen LogP contribution < -0.4 is 5.43 Å². The van der Waals surface area contributed by atoms with Gasteiger partial charge < -0.3 is 14.6 Å². The van der Waals surface area contributed by atoms with E-state index in [1.54, 1.807) is 48.5 Å². The monoisotopic (exact) mass is 382 g/mol. The molecule has 5 nitrogen and oxygen atoms in total. The van der Waals surface area contributed by atoms with Crippen LogP contribution in [-0.2, 0) is 0 Å². The molecule has 5 rings (SSSR count). The van der Waals surface area contributed by atoms with Gasteiger partial charge >= 0.3 is 5.97 Å². The number of hydrogen-bond acceptors (Lipinski definition) is 4. The topological polar surface area (TPSA) is 87.7 Å². The Morgan fingerprint density at radius 2 is 1.55 bits per heavy atom. The van der Waals surface area contributed by atoms with Gasteiger partial charge in [-0.15, -0.1) is 0 Å². The lowest BCUT2D eigenvalue weighted by atomic mass is 9.93. The molecule has 0 unspecified atom stereocenters. The Morgan fingerprint density at radius 1 is 0.793 bits per heavy atom. The largest absolute Gasteiger partial charge is 0.508 e. The van der Waals surface area contributed by atoms with Crippen LogP contribution in [0.5, 0.6) is 5.75 Å². The molecule has 2 N–H and O–H groups in total. The molecule has 29 heavy (non-hydrogen) atoms. The van der Waals surface area contributed by atoms with Gasteiger partial charge in [0.2, 0.25) is 0 Å². The molecule has 0 aliphatic carbocycles. The van der Waals surface area contributed by atoms with Crippen LogP contribution in [0, 0.1) is 0 Å². The first kappa shape index (κ1) is 17.0. The number of rotatable bonds is 2. The molecule has 0 spiro atoms. The number of hydrogen-bond donors (Lipinski definition) is 2. The number of fused-ring (bicyclic) bond motifs is 4. The zero-order chi connectivity index (χ0) is 20.1. The van der Waals surface area contributed by atoms with Crippen molar-refractivity contribution in [3.05, 3.63) is 88.6 Å². The Hall–Kier alpha value is -4.12. The summed E-state index contributed by atoms with van der Waals surface area (Å²) in [6.45, 7) is 0. The van der Waals surface area contributed by atoms with Crippen molar-refractivity contribution in [1.82, 2.24) is 0 Å². The Labute approximate surface area is 164 Å². The van der Waals surface area contributed by atoms with Gasteiger partial charge in [0.05, 0.1) is 5.56 Å². The predicted octanol–water partition coefficient (Wildman–Crippen LogP) is 5.17. The molecule has 0 radical (unpaired) electrons. The molecule has 140 valence electrons. The number of phenolic OH excluding ortho intramolecular Hbond substituents is 1. The van der Waals surface area contributed by atoms with Crippen molar-refractivity contribution in [2.24, 2.45) is 0 Å². The van der Waals surface area contributed by atoms with Crippen LogP contribution in [0.25, 0.3) is 43.8 Å². The lowest BCUT2D eigenvalue weighted by molar-refractivity contribution is 0.0697. The molecule has 0 amide bonds. The first-order chi connectivity index (χ1) is 14.0. The number of carboxylic acids is 1. The van der Waals surface area contributed by atoms with Crippen LogP contribution in [0.4, 0.5) is 0 Å². The maximum absolute atomic E-state index is 12.1. The number of carbonyl (C=O) groups is 1. The first-order valence-electron chi connectivity index (χ1n) is 8.97. The maximum Gasteiger partial charge on any atom is 0.335 e. The molecule has 0 saturated heterocycles. The van der Waals surface area contributed by atoms with Crippen molar-refractivity contribution in [3.63, 3.8) is 0 Å². The SMILES string of the molecule is O=C(O)c1ccc(-c2c3ccc(O)cc3oc3ccc4ccc(=O)cc4c23)cc1. The number of aromatic hydroxyl groups is 1. The lowest BCUT2D eigenvalue weighted by Gasteiger charge is -2.14. The average molecular weight is 382 g/mol. The number of carboxylic acid groups (broad SMARTS) is 1. The van der Waals surface area contributed by atoms with Gasteiger partial charge in [-0.2, -0.15) is 0 Å². The third-order valence-corrected chi connectivity index (χ3v) is 5.08. The predicted molar refractivity (Wildman–Crippen MR) is 112 cm³/mol. The fourth-order valence-electron chi connectivity index (χ4n) is 3.76. The van der Waals surface area contributed by atoms with Gasteiger partial charge in [-0.3, -0.25) is 4.79 Å². The van der Waals surface area contributed by atoms with E-state index in [9.17, 15) is 19.8 Å². The van der Waals surface area contributed by atoms with Crippen molar-refractivity contribution in [3.8, 4) is 16.9 Å². The van der Waals surface area contributed by atoms with Crippen molar-refractivity contribution in [1.29, 1.82) is 0 Å². The second-order valence-corrected chi connectivity index (χ2v) is 6.86. The highest BCUT2D eigenvalue weighted by Gasteiger charge is 2.16. The zero-order valence-electron chi connectivity index (χ0n) is 15.0. The standard InChI is InChI=1S/C24H14O5/c25-16-7-5-13-6-10-20-23(19(13)11-16)22(14-1-3-15(4-2-14)24(27)28)18-9-8-17(26)12-21(18)29-20/h1-12,26H,(H,27,28).